The number of fused-ring (bicyclic) bond motifs is 1. The summed E-state index contributed by atoms with van der Waals surface area (Å²) < 4.78 is 7.13. The molecule has 0 amide bonds. The average Bonchev–Trinajstić information content (AvgIpc) is 2.31. The molecule has 0 fully saturated rings. The first-order valence-electron chi connectivity index (χ1n) is 5.65. The summed E-state index contributed by atoms with van der Waals surface area (Å²) in [5.74, 6) is 0. The summed E-state index contributed by atoms with van der Waals surface area (Å²) in [7, 11) is 0. The number of halogens is 2. The Bertz CT molecular complexity index is 625. The highest BCUT2D eigenvalue weighted by molar-refractivity contribution is 14.1. The smallest absolute Gasteiger partial charge is 0.348 e. The van der Waals surface area contributed by atoms with Gasteiger partial charge in [0.2, 0.25) is 0 Å². The maximum Gasteiger partial charge on any atom is 0.348 e. The van der Waals surface area contributed by atoms with Crippen LogP contribution < -0.4 is 10.9 Å². The van der Waals surface area contributed by atoms with Gasteiger partial charge in [0, 0.05) is 13.7 Å². The van der Waals surface area contributed by atoms with Gasteiger partial charge in [-0.1, -0.05) is 13.3 Å². The van der Waals surface area contributed by atoms with Crippen LogP contribution in [0, 0.1) is 7.14 Å². The van der Waals surface area contributed by atoms with Gasteiger partial charge in [0.15, 0.2) is 0 Å². The van der Waals surface area contributed by atoms with E-state index in [1.54, 1.807) is 6.07 Å². The van der Waals surface area contributed by atoms with Crippen molar-refractivity contribution < 1.29 is 4.42 Å². The first-order chi connectivity index (χ1) is 8.61. The van der Waals surface area contributed by atoms with E-state index in [1.807, 2.05) is 6.07 Å². The summed E-state index contributed by atoms with van der Waals surface area (Å²) >= 11 is 4.36. The lowest BCUT2D eigenvalue weighted by atomic mass is 10.2. The molecule has 1 N–H and O–H groups in total. The van der Waals surface area contributed by atoms with Crippen molar-refractivity contribution >= 4 is 62.1 Å². The highest BCUT2D eigenvalue weighted by atomic mass is 127. The van der Waals surface area contributed by atoms with Crippen LogP contribution in [0.5, 0.6) is 0 Å². The maximum atomic E-state index is 11.9. The van der Waals surface area contributed by atoms with Crippen LogP contribution in [0.3, 0.4) is 0 Å². The Morgan fingerprint density at radius 2 is 2.17 bits per heavy atom. The molecule has 0 spiro atoms. The Kier molecular flexibility index (Phi) is 4.82. The molecule has 0 unspecified atom stereocenters. The molecule has 4 nitrogen and oxygen atoms in total. The normalized spacial score (nSPS) is 10.8. The minimum Gasteiger partial charge on any atom is -0.389 e. The van der Waals surface area contributed by atoms with Crippen LogP contribution in [-0.2, 0) is 0 Å². The SMILES string of the molecule is CCCCNc1nc2c(I)cc(I)cc2c(=O)o1. The second-order valence-corrected chi connectivity index (χ2v) is 6.28. The van der Waals surface area contributed by atoms with E-state index in [2.05, 4.69) is 62.4 Å². The van der Waals surface area contributed by atoms with Gasteiger partial charge >= 0.3 is 5.63 Å². The Balaban J connectivity index is 2.45. The first kappa shape index (κ1) is 14.0. The molecule has 6 heteroatoms. The van der Waals surface area contributed by atoms with E-state index in [0.717, 1.165) is 26.5 Å². The quantitative estimate of drug-likeness (QED) is 0.549. The summed E-state index contributed by atoms with van der Waals surface area (Å²) in [5.41, 5.74) is 0.363. The molecule has 2 aromatic rings. The van der Waals surface area contributed by atoms with Gasteiger partial charge in [-0.2, -0.15) is 4.98 Å². The number of hydrogen-bond acceptors (Lipinski definition) is 4. The minimum absolute atomic E-state index is 0.306. The van der Waals surface area contributed by atoms with Crippen molar-refractivity contribution in [3.8, 4) is 0 Å². The molecule has 2 rings (SSSR count). The predicted molar refractivity (Wildman–Crippen MR) is 89.1 cm³/mol. The van der Waals surface area contributed by atoms with E-state index >= 15 is 0 Å². The number of nitrogens with one attached hydrogen (secondary N) is 1. The Hall–Kier alpha value is -0.380. The Labute approximate surface area is 132 Å². The number of hydrogen-bond donors (Lipinski definition) is 1. The molecule has 0 aliphatic carbocycles. The molecule has 0 radical (unpaired) electrons. The van der Waals surface area contributed by atoms with Crippen molar-refractivity contribution in [3.05, 3.63) is 29.7 Å². The zero-order valence-corrected chi connectivity index (χ0v) is 14.1. The van der Waals surface area contributed by atoms with Crippen LogP contribution in [0.2, 0.25) is 0 Å². The maximum absolute atomic E-state index is 11.9. The number of benzene rings is 1. The third-order valence-corrected chi connectivity index (χ3v) is 3.90. The molecule has 96 valence electrons. The van der Waals surface area contributed by atoms with Crippen molar-refractivity contribution in [1.82, 2.24) is 4.98 Å². The van der Waals surface area contributed by atoms with Gasteiger partial charge in [0.25, 0.3) is 6.01 Å². The molecule has 1 aromatic carbocycles. The van der Waals surface area contributed by atoms with Gasteiger partial charge in [-0.15, -0.1) is 0 Å². The van der Waals surface area contributed by atoms with Crippen LogP contribution in [0.4, 0.5) is 6.01 Å². The largest absolute Gasteiger partial charge is 0.389 e. The molecule has 1 aromatic heterocycles. The van der Waals surface area contributed by atoms with Gasteiger partial charge in [-0.25, -0.2) is 4.79 Å². The van der Waals surface area contributed by atoms with Gasteiger partial charge in [-0.05, 0) is 63.7 Å². The molecule has 0 aliphatic heterocycles. The van der Waals surface area contributed by atoms with E-state index in [-0.39, 0.29) is 5.63 Å². The van der Waals surface area contributed by atoms with Crippen molar-refractivity contribution in [3.63, 3.8) is 0 Å². The zero-order chi connectivity index (χ0) is 13.1. The lowest BCUT2D eigenvalue weighted by Crippen LogP contribution is -2.09. The molecule has 0 atom stereocenters. The van der Waals surface area contributed by atoms with E-state index in [1.165, 1.54) is 0 Å². The molecular weight excluding hydrogens is 458 g/mol. The molecule has 0 bridgehead atoms. The van der Waals surface area contributed by atoms with E-state index in [0.29, 0.717) is 16.9 Å². The second kappa shape index (κ2) is 6.18. The van der Waals surface area contributed by atoms with E-state index in [9.17, 15) is 4.79 Å². The lowest BCUT2D eigenvalue weighted by Gasteiger charge is -2.05. The number of nitrogens with zero attached hydrogens (tertiary/aromatic N) is 1. The fraction of sp³-hybridized carbons (Fsp3) is 0.333. The monoisotopic (exact) mass is 470 g/mol. The summed E-state index contributed by atoms with van der Waals surface area (Å²) in [5, 5.41) is 3.57. The van der Waals surface area contributed by atoms with Crippen LogP contribution in [0.25, 0.3) is 10.9 Å². The van der Waals surface area contributed by atoms with Crippen LogP contribution in [-0.4, -0.2) is 11.5 Å². The Morgan fingerprint density at radius 3 is 2.89 bits per heavy atom. The number of unbranched alkanes of at least 4 members (excludes halogenated alkanes) is 1. The fourth-order valence-electron chi connectivity index (χ4n) is 1.55. The fourth-order valence-corrected chi connectivity index (χ4v) is 3.52. The van der Waals surface area contributed by atoms with Crippen molar-refractivity contribution in [2.75, 3.05) is 11.9 Å². The minimum atomic E-state index is -0.338. The van der Waals surface area contributed by atoms with Crippen LogP contribution >= 0.6 is 45.2 Å². The molecule has 18 heavy (non-hydrogen) atoms. The average molecular weight is 470 g/mol. The summed E-state index contributed by atoms with van der Waals surface area (Å²) in [6.45, 7) is 2.87. The van der Waals surface area contributed by atoms with Gasteiger partial charge in [0.1, 0.15) is 0 Å². The Morgan fingerprint density at radius 1 is 1.39 bits per heavy atom. The summed E-state index contributed by atoms with van der Waals surface area (Å²) in [6.07, 6.45) is 2.10. The first-order valence-corrected chi connectivity index (χ1v) is 7.81. The van der Waals surface area contributed by atoms with E-state index < -0.39 is 0 Å². The highest BCUT2D eigenvalue weighted by Crippen LogP contribution is 2.21. The third-order valence-electron chi connectivity index (χ3n) is 2.46. The lowest BCUT2D eigenvalue weighted by molar-refractivity contribution is 0.515. The van der Waals surface area contributed by atoms with Gasteiger partial charge in [0.05, 0.1) is 10.9 Å². The van der Waals surface area contributed by atoms with Crippen LogP contribution in [0.1, 0.15) is 19.8 Å². The topological polar surface area (TPSA) is 55.1 Å². The van der Waals surface area contributed by atoms with Gasteiger partial charge in [-0.3, -0.25) is 0 Å². The van der Waals surface area contributed by atoms with Gasteiger partial charge < -0.3 is 9.73 Å². The predicted octanol–water partition coefficient (Wildman–Crippen LogP) is 3.61. The number of aromatic nitrogens is 1. The second-order valence-electron chi connectivity index (χ2n) is 3.87. The van der Waals surface area contributed by atoms with Crippen molar-refractivity contribution in [2.45, 2.75) is 19.8 Å². The molecule has 0 saturated carbocycles. The highest BCUT2D eigenvalue weighted by Gasteiger charge is 2.09. The van der Waals surface area contributed by atoms with Crippen LogP contribution in [0.15, 0.2) is 21.3 Å². The summed E-state index contributed by atoms with van der Waals surface area (Å²) in [6, 6.07) is 4.10. The van der Waals surface area contributed by atoms with Crippen molar-refractivity contribution in [1.29, 1.82) is 0 Å². The molecule has 0 aliphatic rings. The molecular formula is C12H12I2N2O2. The van der Waals surface area contributed by atoms with Crippen molar-refractivity contribution in [2.24, 2.45) is 0 Å². The zero-order valence-electron chi connectivity index (χ0n) is 9.80. The third kappa shape index (κ3) is 3.14. The standard InChI is InChI=1S/C12H12I2N2O2/c1-2-3-4-15-12-16-10-8(11(17)18-12)5-7(13)6-9(10)14/h5-6H,2-4H2,1H3,(H,15,16). The van der Waals surface area contributed by atoms with E-state index in [4.69, 9.17) is 4.42 Å². The summed E-state index contributed by atoms with van der Waals surface area (Å²) in [4.78, 5) is 16.2. The molecule has 0 saturated heterocycles. The number of rotatable bonds is 4. The number of anilines is 1. The molecule has 1 heterocycles.